The Labute approximate surface area is 207 Å². The van der Waals surface area contributed by atoms with E-state index in [0.29, 0.717) is 18.1 Å². The highest BCUT2D eigenvalue weighted by atomic mass is 16.5. The molecule has 3 rings (SSSR count). The van der Waals surface area contributed by atoms with Crippen LogP contribution in [0.5, 0.6) is 28.7 Å². The Bertz CT molecular complexity index is 1060. The molecule has 1 unspecified atom stereocenters. The van der Waals surface area contributed by atoms with Crippen LogP contribution in [0.4, 0.5) is 0 Å². The maximum absolute atomic E-state index is 11.2. The zero-order chi connectivity index (χ0) is 25.3. The normalized spacial score (nSPS) is 12.0. The van der Waals surface area contributed by atoms with E-state index in [9.17, 15) is 9.90 Å². The predicted molar refractivity (Wildman–Crippen MR) is 136 cm³/mol. The van der Waals surface area contributed by atoms with Crippen molar-refractivity contribution in [3.05, 3.63) is 78.4 Å². The van der Waals surface area contributed by atoms with E-state index in [-0.39, 0.29) is 6.10 Å². The van der Waals surface area contributed by atoms with Crippen molar-refractivity contribution in [2.24, 2.45) is 0 Å². The van der Waals surface area contributed by atoms with Gasteiger partial charge in [-0.05, 0) is 87.9 Å². The number of ether oxygens (including phenoxy) is 4. The van der Waals surface area contributed by atoms with Gasteiger partial charge in [0, 0.05) is 6.42 Å². The van der Waals surface area contributed by atoms with Gasteiger partial charge >= 0.3 is 5.97 Å². The fraction of sp³-hybridized carbons (Fsp3) is 0.345. The molecule has 0 saturated carbocycles. The molecule has 0 aliphatic heterocycles. The van der Waals surface area contributed by atoms with Gasteiger partial charge in [-0.2, -0.15) is 0 Å². The maximum Gasteiger partial charge on any atom is 0.347 e. The van der Waals surface area contributed by atoms with Crippen LogP contribution < -0.4 is 18.9 Å². The van der Waals surface area contributed by atoms with Gasteiger partial charge in [0.1, 0.15) is 34.9 Å². The van der Waals surface area contributed by atoms with E-state index in [0.717, 1.165) is 36.5 Å². The highest BCUT2D eigenvalue weighted by molar-refractivity contribution is 5.76. The summed E-state index contributed by atoms with van der Waals surface area (Å²) >= 11 is 0. The molecule has 186 valence electrons. The third kappa shape index (κ3) is 8.25. The summed E-state index contributed by atoms with van der Waals surface area (Å²) in [6, 6.07) is 22.6. The number of hydrogen-bond acceptors (Lipinski definition) is 5. The Morgan fingerprint density at radius 3 is 1.89 bits per heavy atom. The van der Waals surface area contributed by atoms with Gasteiger partial charge in [0.2, 0.25) is 0 Å². The van der Waals surface area contributed by atoms with Crippen molar-refractivity contribution in [1.82, 2.24) is 0 Å². The zero-order valence-electron chi connectivity index (χ0n) is 20.8. The van der Waals surface area contributed by atoms with Crippen LogP contribution in [0.15, 0.2) is 72.8 Å². The van der Waals surface area contributed by atoms with Gasteiger partial charge in [0.05, 0.1) is 6.61 Å². The van der Waals surface area contributed by atoms with Crippen molar-refractivity contribution in [1.29, 1.82) is 0 Å². The van der Waals surface area contributed by atoms with E-state index in [1.54, 1.807) is 24.3 Å². The topological polar surface area (TPSA) is 74.2 Å². The summed E-state index contributed by atoms with van der Waals surface area (Å²) in [6.45, 7) is 7.70. The second-order valence-electron chi connectivity index (χ2n) is 8.94. The molecule has 1 N–H and O–H groups in total. The van der Waals surface area contributed by atoms with Gasteiger partial charge in [-0.15, -0.1) is 0 Å². The van der Waals surface area contributed by atoms with Crippen LogP contribution in [0.1, 0.15) is 45.6 Å². The van der Waals surface area contributed by atoms with Crippen LogP contribution >= 0.6 is 0 Å². The molecule has 0 bridgehead atoms. The van der Waals surface area contributed by atoms with Crippen LogP contribution in [0.25, 0.3) is 0 Å². The lowest BCUT2D eigenvalue weighted by molar-refractivity contribution is -0.152. The summed E-state index contributed by atoms with van der Waals surface area (Å²) < 4.78 is 23.5. The fourth-order valence-electron chi connectivity index (χ4n) is 3.36. The summed E-state index contributed by atoms with van der Waals surface area (Å²) in [6.07, 6.45) is 2.69. The number of benzene rings is 3. The summed E-state index contributed by atoms with van der Waals surface area (Å²) in [7, 11) is 0. The molecule has 0 aromatic heterocycles. The average molecular weight is 479 g/mol. The van der Waals surface area contributed by atoms with Gasteiger partial charge in [-0.1, -0.05) is 31.0 Å². The first-order chi connectivity index (χ1) is 16.7. The van der Waals surface area contributed by atoms with Crippen LogP contribution in [0.2, 0.25) is 0 Å². The lowest BCUT2D eigenvalue weighted by Gasteiger charge is -2.21. The molecule has 3 aromatic carbocycles. The number of rotatable bonds is 13. The SMILES string of the molecule is CCCC(CCOc1ccc(OC(C)(C)C(=O)O)cc1)Oc1ccc(Oc2ccc(C)cc2)cc1. The minimum atomic E-state index is -1.29. The third-order valence-corrected chi connectivity index (χ3v) is 5.41. The number of carboxylic acids is 1. The fourth-order valence-corrected chi connectivity index (χ4v) is 3.36. The molecule has 35 heavy (non-hydrogen) atoms. The molecule has 0 heterocycles. The summed E-state index contributed by atoms with van der Waals surface area (Å²) in [5.74, 6) is 2.51. The summed E-state index contributed by atoms with van der Waals surface area (Å²) in [5.41, 5.74) is -0.101. The minimum Gasteiger partial charge on any atom is -0.493 e. The van der Waals surface area contributed by atoms with Gasteiger partial charge in [0.15, 0.2) is 5.60 Å². The van der Waals surface area contributed by atoms with E-state index < -0.39 is 11.6 Å². The van der Waals surface area contributed by atoms with E-state index in [1.165, 1.54) is 19.4 Å². The third-order valence-electron chi connectivity index (χ3n) is 5.41. The second kappa shape index (κ2) is 12.2. The Morgan fingerprint density at radius 2 is 1.31 bits per heavy atom. The first-order valence-corrected chi connectivity index (χ1v) is 11.9. The molecule has 0 radical (unpaired) electrons. The second-order valence-corrected chi connectivity index (χ2v) is 8.94. The molecule has 0 spiro atoms. The Hall–Kier alpha value is -3.67. The van der Waals surface area contributed by atoms with E-state index in [4.69, 9.17) is 18.9 Å². The van der Waals surface area contributed by atoms with Crippen molar-refractivity contribution < 1.29 is 28.8 Å². The van der Waals surface area contributed by atoms with Gasteiger partial charge in [-0.25, -0.2) is 4.79 Å². The number of carboxylic acid groups (broad SMARTS) is 1. The molecule has 0 fully saturated rings. The maximum atomic E-state index is 11.2. The number of carbonyl (C=O) groups is 1. The number of hydrogen-bond donors (Lipinski definition) is 1. The van der Waals surface area contributed by atoms with Crippen molar-refractivity contribution in [3.63, 3.8) is 0 Å². The molecule has 0 saturated heterocycles. The molecule has 1 atom stereocenters. The molecule has 6 heteroatoms. The molecular formula is C29H34O6. The molecule has 0 amide bonds. The van der Waals surface area contributed by atoms with Crippen molar-refractivity contribution in [2.45, 2.75) is 58.7 Å². The Kier molecular flexibility index (Phi) is 9.01. The summed E-state index contributed by atoms with van der Waals surface area (Å²) in [4.78, 5) is 11.2. The minimum absolute atomic E-state index is 0.0304. The average Bonchev–Trinajstić information content (AvgIpc) is 2.83. The Morgan fingerprint density at radius 1 is 0.800 bits per heavy atom. The summed E-state index contributed by atoms with van der Waals surface area (Å²) in [5, 5.41) is 9.19. The molecule has 0 aliphatic rings. The number of aryl methyl sites for hydroxylation is 1. The van der Waals surface area contributed by atoms with E-state index in [2.05, 4.69) is 6.92 Å². The Balaban J connectivity index is 1.48. The van der Waals surface area contributed by atoms with Crippen LogP contribution in [0, 0.1) is 6.92 Å². The van der Waals surface area contributed by atoms with Crippen molar-refractivity contribution in [3.8, 4) is 28.7 Å². The first-order valence-electron chi connectivity index (χ1n) is 11.9. The van der Waals surface area contributed by atoms with Gasteiger partial charge < -0.3 is 24.1 Å². The smallest absolute Gasteiger partial charge is 0.347 e. The lowest BCUT2D eigenvalue weighted by Crippen LogP contribution is -2.37. The highest BCUT2D eigenvalue weighted by Crippen LogP contribution is 2.26. The van der Waals surface area contributed by atoms with Crippen LogP contribution in [-0.2, 0) is 4.79 Å². The van der Waals surface area contributed by atoms with E-state index >= 15 is 0 Å². The van der Waals surface area contributed by atoms with Crippen LogP contribution in [0.3, 0.4) is 0 Å². The zero-order valence-corrected chi connectivity index (χ0v) is 20.8. The van der Waals surface area contributed by atoms with E-state index in [1.807, 2.05) is 55.5 Å². The van der Waals surface area contributed by atoms with Gasteiger partial charge in [0.25, 0.3) is 0 Å². The van der Waals surface area contributed by atoms with Crippen molar-refractivity contribution in [2.75, 3.05) is 6.61 Å². The molecule has 0 aliphatic carbocycles. The molecule has 3 aromatic rings. The quantitative estimate of drug-likeness (QED) is 0.284. The monoisotopic (exact) mass is 478 g/mol. The van der Waals surface area contributed by atoms with Crippen molar-refractivity contribution >= 4 is 5.97 Å². The number of aliphatic carboxylic acids is 1. The molecule has 6 nitrogen and oxygen atoms in total. The highest BCUT2D eigenvalue weighted by Gasteiger charge is 2.29. The first kappa shape index (κ1) is 25.9. The standard InChI is InChI=1S/C29H34O6/c1-5-6-23(19-20-32-22-11-17-27(18-12-22)35-29(3,4)28(30)31)33-25-13-15-26(16-14-25)34-24-9-7-21(2)8-10-24/h7-18,23H,5-6,19-20H2,1-4H3,(H,30,31). The molecular weight excluding hydrogens is 444 g/mol. The predicted octanol–water partition coefficient (Wildman–Crippen LogP) is 7.05. The largest absolute Gasteiger partial charge is 0.493 e. The van der Waals surface area contributed by atoms with Crippen LogP contribution in [-0.4, -0.2) is 29.4 Å². The lowest BCUT2D eigenvalue weighted by atomic mass is 10.1. The van der Waals surface area contributed by atoms with Gasteiger partial charge in [-0.3, -0.25) is 0 Å².